The van der Waals surface area contributed by atoms with Crippen molar-refractivity contribution in [3.05, 3.63) is 47.5 Å². The Labute approximate surface area is 142 Å². The molecule has 25 heavy (non-hydrogen) atoms. The number of fused-ring (bicyclic) bond motifs is 1. The summed E-state index contributed by atoms with van der Waals surface area (Å²) in [5, 5.41) is 10.9. The predicted octanol–water partition coefficient (Wildman–Crippen LogP) is 3.69. The van der Waals surface area contributed by atoms with Crippen molar-refractivity contribution in [2.75, 3.05) is 6.54 Å². The smallest absolute Gasteiger partial charge is 0.287 e. The van der Waals surface area contributed by atoms with E-state index in [1.54, 1.807) is 26.0 Å². The van der Waals surface area contributed by atoms with E-state index in [0.29, 0.717) is 16.3 Å². The maximum atomic E-state index is 13.9. The summed E-state index contributed by atoms with van der Waals surface area (Å²) in [7, 11) is 0. The summed E-state index contributed by atoms with van der Waals surface area (Å²) < 4.78 is 41.6. The highest BCUT2D eigenvalue weighted by atomic mass is 19.4. The van der Waals surface area contributed by atoms with Crippen LogP contribution in [0.3, 0.4) is 0 Å². The lowest BCUT2D eigenvalue weighted by atomic mass is 9.93. The van der Waals surface area contributed by atoms with Gasteiger partial charge in [-0.15, -0.1) is 0 Å². The van der Waals surface area contributed by atoms with Crippen molar-refractivity contribution in [2.24, 2.45) is 5.41 Å². The zero-order valence-electron chi connectivity index (χ0n) is 13.7. The summed E-state index contributed by atoms with van der Waals surface area (Å²) in [5.41, 5.74) is 1.88. The van der Waals surface area contributed by atoms with Gasteiger partial charge in [-0.25, -0.2) is 5.01 Å². The van der Waals surface area contributed by atoms with E-state index >= 15 is 0 Å². The molecule has 1 aliphatic heterocycles. The van der Waals surface area contributed by atoms with Crippen molar-refractivity contribution < 1.29 is 18.0 Å². The van der Waals surface area contributed by atoms with Crippen LogP contribution in [-0.2, 0) is 4.79 Å². The van der Waals surface area contributed by atoms with Gasteiger partial charge in [0.2, 0.25) is 5.91 Å². The summed E-state index contributed by atoms with van der Waals surface area (Å²) in [6.45, 7) is 3.17. The van der Waals surface area contributed by atoms with Crippen LogP contribution in [0.2, 0.25) is 0 Å². The maximum Gasteiger partial charge on any atom is 0.409 e. The van der Waals surface area contributed by atoms with Gasteiger partial charge >= 0.3 is 6.18 Å². The average molecular weight is 347 g/mol. The number of halogens is 3. The molecular formula is C18H16F3N3O. The number of carbonyl (C=O) groups excluding carboxylic acids is 1. The topological polar surface area (TPSA) is 56.1 Å². The molecule has 2 aromatic rings. The number of carbonyl (C=O) groups is 1. The molecule has 1 aliphatic rings. The number of nitriles is 1. The molecule has 1 atom stereocenters. The third-order valence-corrected chi connectivity index (χ3v) is 4.39. The standard InChI is InChI=1S/C18H16F3N3O/c1-17(2)10-24(23-16(17)25)15(18(19,20)21)14-5-3-4-12-8-11(9-22)6-7-13(12)14/h3-8,15H,10H2,1-2H3,(H,23,25)/t15-/m0/s1. The van der Waals surface area contributed by atoms with Crippen LogP contribution in [0.25, 0.3) is 10.8 Å². The van der Waals surface area contributed by atoms with Gasteiger partial charge in [0.05, 0.1) is 17.0 Å². The lowest BCUT2D eigenvalue weighted by Gasteiger charge is -2.30. The summed E-state index contributed by atoms with van der Waals surface area (Å²) >= 11 is 0. The van der Waals surface area contributed by atoms with Crippen molar-refractivity contribution in [1.29, 1.82) is 5.26 Å². The van der Waals surface area contributed by atoms with Gasteiger partial charge in [0.25, 0.3) is 0 Å². The van der Waals surface area contributed by atoms with Gasteiger partial charge in [0.15, 0.2) is 6.04 Å². The zero-order chi connectivity index (χ0) is 18.4. The second-order valence-corrected chi connectivity index (χ2v) is 6.79. The SMILES string of the molecule is CC1(C)CN([C@@H](c2cccc3cc(C#N)ccc23)C(F)(F)F)NC1=O. The van der Waals surface area contributed by atoms with Crippen LogP contribution in [0.5, 0.6) is 0 Å². The number of benzene rings is 2. The van der Waals surface area contributed by atoms with E-state index < -0.39 is 23.5 Å². The first-order valence-corrected chi connectivity index (χ1v) is 7.71. The van der Waals surface area contributed by atoms with Gasteiger partial charge in [0.1, 0.15) is 0 Å². The summed E-state index contributed by atoms with van der Waals surface area (Å²) in [6, 6.07) is 9.18. The molecule has 0 unspecified atom stereocenters. The molecule has 1 amide bonds. The Morgan fingerprint density at radius 1 is 1.28 bits per heavy atom. The molecule has 0 bridgehead atoms. The molecule has 4 nitrogen and oxygen atoms in total. The van der Waals surface area contributed by atoms with Crippen molar-refractivity contribution in [3.8, 4) is 6.07 Å². The maximum absolute atomic E-state index is 13.9. The monoisotopic (exact) mass is 347 g/mol. The minimum atomic E-state index is -4.57. The van der Waals surface area contributed by atoms with Gasteiger partial charge in [-0.05, 0) is 42.3 Å². The first kappa shape index (κ1) is 17.2. The normalized spacial score (nSPS) is 18.8. The van der Waals surface area contributed by atoms with Crippen molar-refractivity contribution >= 4 is 16.7 Å². The Kier molecular flexibility index (Phi) is 3.96. The number of alkyl halides is 3. The molecule has 1 N–H and O–H groups in total. The summed E-state index contributed by atoms with van der Waals surface area (Å²) in [6.07, 6.45) is -4.57. The van der Waals surface area contributed by atoms with Gasteiger partial charge in [-0.2, -0.15) is 18.4 Å². The Bertz CT molecular complexity index is 883. The van der Waals surface area contributed by atoms with Crippen LogP contribution in [0.1, 0.15) is 31.0 Å². The number of rotatable bonds is 2. The molecule has 7 heteroatoms. The molecular weight excluding hydrogens is 331 g/mol. The fourth-order valence-electron chi connectivity index (χ4n) is 3.11. The Morgan fingerprint density at radius 2 is 2.00 bits per heavy atom. The first-order chi connectivity index (χ1) is 11.6. The third-order valence-electron chi connectivity index (χ3n) is 4.39. The van der Waals surface area contributed by atoms with Gasteiger partial charge < -0.3 is 0 Å². The van der Waals surface area contributed by atoms with E-state index in [0.717, 1.165) is 5.01 Å². The predicted molar refractivity (Wildman–Crippen MR) is 86.1 cm³/mol. The number of nitrogens with zero attached hydrogens (tertiary/aromatic N) is 2. The second kappa shape index (κ2) is 5.74. The van der Waals surface area contributed by atoms with Gasteiger partial charge in [-0.3, -0.25) is 10.2 Å². The molecule has 0 aliphatic carbocycles. The van der Waals surface area contributed by atoms with Crippen LogP contribution in [0, 0.1) is 16.7 Å². The lowest BCUT2D eigenvalue weighted by molar-refractivity contribution is -0.191. The molecule has 130 valence electrons. The minimum Gasteiger partial charge on any atom is -0.287 e. The van der Waals surface area contributed by atoms with Gasteiger partial charge in [0, 0.05) is 6.54 Å². The molecule has 0 spiro atoms. The lowest BCUT2D eigenvalue weighted by Crippen LogP contribution is -2.43. The fraction of sp³-hybridized carbons (Fsp3) is 0.333. The summed E-state index contributed by atoms with van der Waals surface area (Å²) in [4.78, 5) is 12.0. The van der Waals surface area contributed by atoms with E-state index in [1.165, 1.54) is 24.3 Å². The molecule has 3 rings (SSSR count). The molecule has 1 fully saturated rings. The van der Waals surface area contributed by atoms with E-state index in [4.69, 9.17) is 5.26 Å². The van der Waals surface area contributed by atoms with E-state index in [9.17, 15) is 18.0 Å². The number of hydrazine groups is 1. The fourth-order valence-corrected chi connectivity index (χ4v) is 3.11. The first-order valence-electron chi connectivity index (χ1n) is 7.71. The average Bonchev–Trinajstić information content (AvgIpc) is 2.78. The molecule has 1 heterocycles. The Morgan fingerprint density at radius 3 is 2.56 bits per heavy atom. The molecule has 0 aromatic heterocycles. The number of amides is 1. The highest BCUT2D eigenvalue weighted by Gasteiger charge is 2.51. The summed E-state index contributed by atoms with van der Waals surface area (Å²) in [5.74, 6) is -0.436. The highest BCUT2D eigenvalue weighted by molar-refractivity contribution is 5.88. The highest BCUT2D eigenvalue weighted by Crippen LogP contribution is 2.42. The van der Waals surface area contributed by atoms with Crippen molar-refractivity contribution in [3.63, 3.8) is 0 Å². The Hall–Kier alpha value is -2.59. The second-order valence-electron chi connectivity index (χ2n) is 6.79. The van der Waals surface area contributed by atoms with Crippen LogP contribution in [0.4, 0.5) is 13.2 Å². The van der Waals surface area contributed by atoms with Crippen molar-refractivity contribution in [1.82, 2.24) is 10.4 Å². The van der Waals surface area contributed by atoms with Gasteiger partial charge in [-0.1, -0.05) is 24.3 Å². The Balaban J connectivity index is 2.14. The number of hydrogen-bond acceptors (Lipinski definition) is 3. The van der Waals surface area contributed by atoms with Crippen LogP contribution >= 0.6 is 0 Å². The van der Waals surface area contributed by atoms with E-state index in [-0.39, 0.29) is 12.1 Å². The molecule has 0 radical (unpaired) electrons. The molecule has 2 aromatic carbocycles. The van der Waals surface area contributed by atoms with Crippen LogP contribution in [-0.4, -0.2) is 23.6 Å². The van der Waals surface area contributed by atoms with Crippen LogP contribution < -0.4 is 5.43 Å². The van der Waals surface area contributed by atoms with Crippen molar-refractivity contribution in [2.45, 2.75) is 26.1 Å². The molecule has 0 saturated carbocycles. The molecule has 1 saturated heterocycles. The third kappa shape index (κ3) is 3.05. The minimum absolute atomic E-state index is 0.0486. The van der Waals surface area contributed by atoms with E-state index in [1.807, 2.05) is 6.07 Å². The zero-order valence-corrected chi connectivity index (χ0v) is 13.7. The largest absolute Gasteiger partial charge is 0.409 e. The van der Waals surface area contributed by atoms with E-state index in [2.05, 4.69) is 5.43 Å². The quantitative estimate of drug-likeness (QED) is 0.901. The number of hydrogen-bond donors (Lipinski definition) is 1. The number of nitrogens with one attached hydrogen (secondary N) is 1. The van der Waals surface area contributed by atoms with Crippen LogP contribution in [0.15, 0.2) is 36.4 Å².